The Labute approximate surface area is 73.9 Å². The second-order valence-electron chi connectivity index (χ2n) is 4.20. The minimum absolute atomic E-state index is 0.482. The molecule has 0 radical (unpaired) electrons. The normalized spacial score (nSPS) is 36.8. The fourth-order valence-electron chi connectivity index (χ4n) is 1.49. The zero-order valence-corrected chi connectivity index (χ0v) is 8.04. The summed E-state index contributed by atoms with van der Waals surface area (Å²) in [5, 5.41) is 19.2. The molecule has 1 rings (SSSR count). The van der Waals surface area contributed by atoms with Gasteiger partial charge in [-0.2, -0.15) is 0 Å². The van der Waals surface area contributed by atoms with Gasteiger partial charge in [0.05, 0.1) is 5.60 Å². The van der Waals surface area contributed by atoms with Crippen LogP contribution in [0.2, 0.25) is 0 Å². The first-order chi connectivity index (χ1) is 5.43. The van der Waals surface area contributed by atoms with Crippen LogP contribution >= 0.6 is 0 Å². The van der Waals surface area contributed by atoms with Gasteiger partial charge in [-0.05, 0) is 25.7 Å². The smallest absolute Gasteiger partial charge is 0.101 e. The van der Waals surface area contributed by atoms with Crippen LogP contribution in [-0.2, 0) is 0 Å². The van der Waals surface area contributed by atoms with E-state index in [1.165, 1.54) is 5.57 Å². The molecule has 70 valence electrons. The average Bonchev–Trinajstić information content (AvgIpc) is 1.94. The maximum atomic E-state index is 9.65. The molecule has 0 aromatic heterocycles. The molecule has 0 fully saturated rings. The van der Waals surface area contributed by atoms with Crippen molar-refractivity contribution in [3.8, 4) is 0 Å². The summed E-state index contributed by atoms with van der Waals surface area (Å²) in [6, 6.07) is 0. The molecule has 0 amide bonds. The van der Waals surface area contributed by atoms with E-state index >= 15 is 0 Å². The molecule has 0 spiro atoms. The van der Waals surface area contributed by atoms with Crippen molar-refractivity contribution in [3.63, 3.8) is 0 Å². The molecule has 2 nitrogen and oxygen atoms in total. The van der Waals surface area contributed by atoms with Crippen molar-refractivity contribution in [1.29, 1.82) is 0 Å². The molecule has 1 aliphatic rings. The summed E-state index contributed by atoms with van der Waals surface area (Å²) in [4.78, 5) is 0. The van der Waals surface area contributed by atoms with Crippen molar-refractivity contribution < 1.29 is 10.2 Å². The highest BCUT2D eigenvalue weighted by atomic mass is 16.3. The van der Waals surface area contributed by atoms with Gasteiger partial charge in [0.1, 0.15) is 6.10 Å². The maximum absolute atomic E-state index is 9.65. The minimum atomic E-state index is -0.918. The first kappa shape index (κ1) is 9.75. The third-order valence-electron chi connectivity index (χ3n) is 2.67. The Bertz CT molecular complexity index is 192. The van der Waals surface area contributed by atoms with E-state index in [1.54, 1.807) is 13.0 Å². The van der Waals surface area contributed by atoms with Gasteiger partial charge in [0, 0.05) is 0 Å². The lowest BCUT2D eigenvalue weighted by molar-refractivity contribution is -0.0494. The summed E-state index contributed by atoms with van der Waals surface area (Å²) in [7, 11) is 0. The van der Waals surface area contributed by atoms with Crippen molar-refractivity contribution >= 4 is 0 Å². The summed E-state index contributed by atoms with van der Waals surface area (Å²) in [6.45, 7) is 5.91. The van der Waals surface area contributed by atoms with Crippen LogP contribution in [0.1, 0.15) is 33.6 Å². The second kappa shape index (κ2) is 3.19. The molecule has 2 N–H and O–H groups in total. The number of hydrogen-bond donors (Lipinski definition) is 2. The van der Waals surface area contributed by atoms with Gasteiger partial charge >= 0.3 is 0 Å². The van der Waals surface area contributed by atoms with Gasteiger partial charge < -0.3 is 10.2 Å². The Morgan fingerprint density at radius 1 is 1.58 bits per heavy atom. The molecule has 0 heterocycles. The zero-order chi connectivity index (χ0) is 9.35. The number of hydrogen-bond acceptors (Lipinski definition) is 2. The molecule has 0 unspecified atom stereocenters. The van der Waals surface area contributed by atoms with Gasteiger partial charge in [0.15, 0.2) is 0 Å². The number of aliphatic hydroxyl groups excluding tert-OH is 1. The van der Waals surface area contributed by atoms with E-state index in [9.17, 15) is 10.2 Å². The lowest BCUT2D eigenvalue weighted by Gasteiger charge is -2.33. The van der Waals surface area contributed by atoms with Crippen molar-refractivity contribution in [2.24, 2.45) is 5.92 Å². The second-order valence-corrected chi connectivity index (χ2v) is 4.20. The number of aliphatic hydroxyl groups is 2. The quantitative estimate of drug-likeness (QED) is 0.585. The van der Waals surface area contributed by atoms with Crippen LogP contribution in [0.3, 0.4) is 0 Å². The Morgan fingerprint density at radius 3 is 2.58 bits per heavy atom. The van der Waals surface area contributed by atoms with Gasteiger partial charge in [-0.3, -0.25) is 0 Å². The molecule has 0 saturated heterocycles. The number of rotatable bonds is 1. The van der Waals surface area contributed by atoms with Gasteiger partial charge in [0.2, 0.25) is 0 Å². The largest absolute Gasteiger partial charge is 0.387 e. The zero-order valence-electron chi connectivity index (χ0n) is 8.04. The van der Waals surface area contributed by atoms with Gasteiger partial charge in [-0.15, -0.1) is 0 Å². The van der Waals surface area contributed by atoms with Crippen molar-refractivity contribution in [2.45, 2.75) is 45.3 Å². The Kier molecular flexibility index (Phi) is 2.59. The molecular weight excluding hydrogens is 152 g/mol. The highest BCUT2D eigenvalue weighted by molar-refractivity contribution is 5.16. The Morgan fingerprint density at radius 2 is 2.17 bits per heavy atom. The van der Waals surface area contributed by atoms with Gasteiger partial charge in [-0.25, -0.2) is 0 Å². The van der Waals surface area contributed by atoms with E-state index in [1.807, 2.05) is 0 Å². The summed E-state index contributed by atoms with van der Waals surface area (Å²) in [5.74, 6) is 0.482. The van der Waals surface area contributed by atoms with Crippen LogP contribution in [-0.4, -0.2) is 21.9 Å². The standard InChI is InChI=1S/C10H18O2/c1-7(2)8-4-5-10(3,12)9(11)6-8/h6-7,9,11-12H,4-5H2,1-3H3/t9-,10+/m1/s1. The van der Waals surface area contributed by atoms with E-state index < -0.39 is 11.7 Å². The molecule has 1 aliphatic carbocycles. The van der Waals surface area contributed by atoms with Crippen LogP contribution in [0.4, 0.5) is 0 Å². The third-order valence-corrected chi connectivity index (χ3v) is 2.67. The third kappa shape index (κ3) is 1.87. The van der Waals surface area contributed by atoms with Crippen LogP contribution in [0.15, 0.2) is 11.6 Å². The summed E-state index contributed by atoms with van der Waals surface area (Å²) >= 11 is 0. The van der Waals surface area contributed by atoms with E-state index in [4.69, 9.17) is 0 Å². The maximum Gasteiger partial charge on any atom is 0.101 e. The molecule has 0 aromatic carbocycles. The first-order valence-corrected chi connectivity index (χ1v) is 4.54. The summed E-state index contributed by atoms with van der Waals surface area (Å²) < 4.78 is 0. The fourth-order valence-corrected chi connectivity index (χ4v) is 1.49. The van der Waals surface area contributed by atoms with Crippen LogP contribution in [0.25, 0.3) is 0 Å². The predicted octanol–water partition coefficient (Wildman–Crippen LogP) is 1.47. The Balaban J connectivity index is 2.75. The molecular formula is C10H18O2. The molecule has 12 heavy (non-hydrogen) atoms. The van der Waals surface area contributed by atoms with Crippen LogP contribution in [0, 0.1) is 5.92 Å². The lowest BCUT2D eigenvalue weighted by atomic mass is 9.81. The van der Waals surface area contributed by atoms with Crippen LogP contribution in [0.5, 0.6) is 0 Å². The molecule has 2 atom stereocenters. The summed E-state index contributed by atoms with van der Waals surface area (Å²) in [6.07, 6.45) is 2.68. The average molecular weight is 170 g/mol. The molecule has 2 heteroatoms. The van der Waals surface area contributed by atoms with E-state index in [0.717, 1.165) is 6.42 Å². The van der Waals surface area contributed by atoms with Gasteiger partial charge in [0.25, 0.3) is 0 Å². The monoisotopic (exact) mass is 170 g/mol. The lowest BCUT2D eigenvalue weighted by Crippen LogP contribution is -2.40. The van der Waals surface area contributed by atoms with Gasteiger partial charge in [-0.1, -0.05) is 25.5 Å². The summed E-state index contributed by atoms with van der Waals surface area (Å²) in [5.41, 5.74) is 0.340. The van der Waals surface area contributed by atoms with E-state index in [0.29, 0.717) is 12.3 Å². The minimum Gasteiger partial charge on any atom is -0.387 e. The predicted molar refractivity (Wildman–Crippen MR) is 48.8 cm³/mol. The fraction of sp³-hybridized carbons (Fsp3) is 0.800. The molecule has 0 aliphatic heterocycles. The SMILES string of the molecule is CC(C)C1=C[C@@H](O)[C@@](C)(O)CC1. The van der Waals surface area contributed by atoms with Crippen molar-refractivity contribution in [3.05, 3.63) is 11.6 Å². The highest BCUT2D eigenvalue weighted by Crippen LogP contribution is 2.30. The van der Waals surface area contributed by atoms with E-state index in [-0.39, 0.29) is 0 Å². The first-order valence-electron chi connectivity index (χ1n) is 4.54. The number of allylic oxidation sites excluding steroid dienone is 1. The highest BCUT2D eigenvalue weighted by Gasteiger charge is 2.32. The van der Waals surface area contributed by atoms with Crippen LogP contribution < -0.4 is 0 Å². The molecule has 0 aromatic rings. The van der Waals surface area contributed by atoms with Crippen molar-refractivity contribution in [1.82, 2.24) is 0 Å². The van der Waals surface area contributed by atoms with E-state index in [2.05, 4.69) is 13.8 Å². The molecule has 0 saturated carbocycles. The van der Waals surface area contributed by atoms with Crippen molar-refractivity contribution in [2.75, 3.05) is 0 Å². The molecule has 0 bridgehead atoms. The Hall–Kier alpha value is -0.340. The topological polar surface area (TPSA) is 40.5 Å².